The number of H-pyrrole nitrogens is 1. The number of pyridine rings is 1. The molecule has 0 saturated carbocycles. The van der Waals surface area contributed by atoms with Crippen molar-refractivity contribution < 1.29 is 0 Å². The van der Waals surface area contributed by atoms with Gasteiger partial charge in [-0.15, -0.1) is 0 Å². The first-order valence-electron chi connectivity index (χ1n) is 5.81. The summed E-state index contributed by atoms with van der Waals surface area (Å²) in [6.07, 6.45) is 2.16. The van der Waals surface area contributed by atoms with E-state index in [0.717, 1.165) is 22.4 Å². The van der Waals surface area contributed by atoms with Crippen molar-refractivity contribution in [1.29, 1.82) is 5.26 Å². The summed E-state index contributed by atoms with van der Waals surface area (Å²) in [5.41, 5.74) is 3.65. The van der Waals surface area contributed by atoms with E-state index in [1.54, 1.807) is 6.20 Å². The second-order valence-electron chi connectivity index (χ2n) is 4.14. The number of benzene rings is 1. The van der Waals surface area contributed by atoms with Crippen LogP contribution in [0.3, 0.4) is 0 Å². The van der Waals surface area contributed by atoms with Crippen molar-refractivity contribution in [3.63, 3.8) is 0 Å². The van der Waals surface area contributed by atoms with Gasteiger partial charge in [-0.2, -0.15) is 5.26 Å². The number of rotatable bonds is 2. The number of imidazole rings is 1. The molecule has 0 unspecified atom stereocenters. The molecule has 3 rings (SSSR count). The minimum Gasteiger partial charge on any atom is -0.329 e. The summed E-state index contributed by atoms with van der Waals surface area (Å²) in [7, 11) is 0. The Kier molecular flexibility index (Phi) is 2.86. The smallest absolute Gasteiger partial charge is 0.183 e. The molecular weight excluding hydrogens is 256 g/mol. The molecule has 2 heterocycles. The highest BCUT2D eigenvalue weighted by Gasteiger charge is 2.06. The maximum atomic E-state index is 8.67. The van der Waals surface area contributed by atoms with Gasteiger partial charge < -0.3 is 4.98 Å². The van der Waals surface area contributed by atoms with Gasteiger partial charge in [0, 0.05) is 11.9 Å². The summed E-state index contributed by atoms with van der Waals surface area (Å²) in [6, 6.07) is 13.7. The van der Waals surface area contributed by atoms with E-state index in [9.17, 15) is 0 Å². The Balaban J connectivity index is 2.16. The Morgan fingerprint density at radius 1 is 1.26 bits per heavy atom. The summed E-state index contributed by atoms with van der Waals surface area (Å²) in [5.74, 6) is 0. The number of aromatic amines is 1. The average molecular weight is 266 g/mol. The fraction of sp³-hybridized carbons (Fsp3) is 0.0714. The lowest BCUT2D eigenvalue weighted by Crippen LogP contribution is -1.95. The van der Waals surface area contributed by atoms with Gasteiger partial charge in [-0.1, -0.05) is 12.1 Å². The number of nitrogens with one attached hydrogen (secondary N) is 1. The topological polar surface area (TPSA) is 57.4 Å². The van der Waals surface area contributed by atoms with Crippen LogP contribution in [0.2, 0.25) is 0 Å². The molecule has 2 aromatic heterocycles. The Bertz CT molecular complexity index is 821. The van der Waals surface area contributed by atoms with Gasteiger partial charge in [0.25, 0.3) is 0 Å². The molecule has 3 aromatic rings. The predicted octanol–water partition coefficient (Wildman–Crippen LogP) is 3.15. The molecule has 0 bridgehead atoms. The lowest BCUT2D eigenvalue weighted by molar-refractivity contribution is 1.04. The molecule has 92 valence electrons. The maximum Gasteiger partial charge on any atom is 0.183 e. The van der Waals surface area contributed by atoms with Gasteiger partial charge in [-0.25, -0.2) is 4.98 Å². The zero-order chi connectivity index (χ0) is 13.2. The fourth-order valence-electron chi connectivity index (χ4n) is 2.03. The molecular formula is C14H10N4S. The summed E-state index contributed by atoms with van der Waals surface area (Å²) in [5, 5.41) is 8.67. The largest absolute Gasteiger partial charge is 0.329 e. The van der Waals surface area contributed by atoms with E-state index in [2.05, 4.69) is 16.0 Å². The van der Waals surface area contributed by atoms with Crippen molar-refractivity contribution in [2.24, 2.45) is 0 Å². The molecule has 0 fully saturated rings. The molecule has 0 atom stereocenters. The van der Waals surface area contributed by atoms with E-state index in [1.807, 2.05) is 41.0 Å². The van der Waals surface area contributed by atoms with E-state index in [1.165, 1.54) is 0 Å². The van der Waals surface area contributed by atoms with E-state index in [-0.39, 0.29) is 0 Å². The van der Waals surface area contributed by atoms with E-state index >= 15 is 0 Å². The Hall–Kier alpha value is -2.45. The molecule has 0 radical (unpaired) electrons. The third kappa shape index (κ3) is 2.02. The molecule has 0 aliphatic rings. The maximum absolute atomic E-state index is 8.67. The molecule has 1 N–H and O–H groups in total. The molecule has 0 aliphatic carbocycles. The lowest BCUT2D eigenvalue weighted by Gasteiger charge is -2.04. The van der Waals surface area contributed by atoms with Gasteiger partial charge in [-0.05, 0) is 42.0 Å². The third-order valence-corrected chi connectivity index (χ3v) is 3.21. The van der Waals surface area contributed by atoms with Crippen molar-refractivity contribution in [2.45, 2.75) is 6.42 Å². The van der Waals surface area contributed by atoms with Crippen molar-refractivity contribution in [3.8, 4) is 11.8 Å². The van der Waals surface area contributed by atoms with E-state index in [0.29, 0.717) is 11.2 Å². The van der Waals surface area contributed by atoms with Crippen LogP contribution in [-0.4, -0.2) is 14.5 Å². The van der Waals surface area contributed by atoms with Crippen molar-refractivity contribution in [3.05, 3.63) is 52.9 Å². The van der Waals surface area contributed by atoms with Crippen LogP contribution < -0.4 is 0 Å². The minimum atomic E-state index is 0.414. The van der Waals surface area contributed by atoms with Gasteiger partial charge in [-0.3, -0.25) is 4.57 Å². The van der Waals surface area contributed by atoms with Crippen LogP contribution in [0.4, 0.5) is 0 Å². The molecule has 5 heteroatoms. The lowest BCUT2D eigenvalue weighted by atomic mass is 10.1. The summed E-state index contributed by atoms with van der Waals surface area (Å²) in [4.78, 5) is 7.48. The predicted molar refractivity (Wildman–Crippen MR) is 75.6 cm³/mol. The van der Waals surface area contributed by atoms with Gasteiger partial charge in [0.05, 0.1) is 18.0 Å². The quantitative estimate of drug-likeness (QED) is 0.725. The number of nitriles is 1. The Morgan fingerprint density at radius 2 is 2.05 bits per heavy atom. The number of hydrogen-bond donors (Lipinski definition) is 1. The highest BCUT2D eigenvalue weighted by Crippen LogP contribution is 2.17. The summed E-state index contributed by atoms with van der Waals surface area (Å²) < 4.78 is 2.50. The summed E-state index contributed by atoms with van der Waals surface area (Å²) in [6.45, 7) is 0. The van der Waals surface area contributed by atoms with Crippen LogP contribution >= 0.6 is 12.2 Å². The van der Waals surface area contributed by atoms with Gasteiger partial charge in [0.15, 0.2) is 10.4 Å². The number of nitrogens with zero attached hydrogens (tertiary/aromatic N) is 3. The average Bonchev–Trinajstić information content (AvgIpc) is 2.76. The Labute approximate surface area is 115 Å². The van der Waals surface area contributed by atoms with Crippen molar-refractivity contribution in [2.75, 3.05) is 0 Å². The van der Waals surface area contributed by atoms with Crippen LogP contribution in [-0.2, 0) is 6.42 Å². The van der Waals surface area contributed by atoms with E-state index in [4.69, 9.17) is 17.5 Å². The fourth-order valence-corrected chi connectivity index (χ4v) is 2.34. The van der Waals surface area contributed by atoms with Gasteiger partial charge in [0.2, 0.25) is 0 Å². The first kappa shape index (κ1) is 11.6. The molecule has 0 aliphatic heterocycles. The van der Waals surface area contributed by atoms with Crippen molar-refractivity contribution >= 4 is 23.4 Å². The first-order chi connectivity index (χ1) is 9.29. The second kappa shape index (κ2) is 4.67. The minimum absolute atomic E-state index is 0.414. The van der Waals surface area contributed by atoms with Gasteiger partial charge >= 0.3 is 0 Å². The van der Waals surface area contributed by atoms with Crippen LogP contribution in [0.15, 0.2) is 42.6 Å². The van der Waals surface area contributed by atoms with Crippen LogP contribution in [0.25, 0.3) is 16.9 Å². The van der Waals surface area contributed by atoms with Crippen molar-refractivity contribution in [1.82, 2.24) is 14.5 Å². The SMILES string of the molecule is N#CCc1ccc(-n2c(=S)[nH]c3cccnc32)cc1. The van der Waals surface area contributed by atoms with E-state index < -0.39 is 0 Å². The summed E-state index contributed by atoms with van der Waals surface area (Å²) >= 11 is 5.33. The normalized spacial score (nSPS) is 10.5. The number of aromatic nitrogens is 3. The van der Waals surface area contributed by atoms with Gasteiger partial charge in [0.1, 0.15) is 0 Å². The second-order valence-corrected chi connectivity index (χ2v) is 4.53. The molecule has 0 amide bonds. The monoisotopic (exact) mass is 266 g/mol. The number of hydrogen-bond acceptors (Lipinski definition) is 3. The number of fused-ring (bicyclic) bond motifs is 1. The molecule has 4 nitrogen and oxygen atoms in total. The molecule has 1 aromatic carbocycles. The van der Waals surface area contributed by atoms with Crippen LogP contribution in [0, 0.1) is 16.1 Å². The standard InChI is InChI=1S/C14H10N4S/c15-8-7-10-3-5-11(6-4-10)18-13-12(17-14(18)19)2-1-9-16-13/h1-6,9H,7H2,(H,17,19). The highest BCUT2D eigenvalue weighted by molar-refractivity contribution is 7.71. The first-order valence-corrected chi connectivity index (χ1v) is 6.22. The molecule has 0 saturated heterocycles. The molecule has 0 spiro atoms. The highest BCUT2D eigenvalue weighted by atomic mass is 32.1. The zero-order valence-electron chi connectivity index (χ0n) is 10.00. The Morgan fingerprint density at radius 3 is 2.79 bits per heavy atom. The third-order valence-electron chi connectivity index (χ3n) is 2.92. The molecule has 19 heavy (non-hydrogen) atoms. The van der Waals surface area contributed by atoms with Crippen LogP contribution in [0.1, 0.15) is 5.56 Å². The van der Waals surface area contributed by atoms with Crippen LogP contribution in [0.5, 0.6) is 0 Å². The zero-order valence-corrected chi connectivity index (χ0v) is 10.8.